The molecule has 4 heterocycles. The van der Waals surface area contributed by atoms with E-state index in [1.165, 1.54) is 18.3 Å². The van der Waals surface area contributed by atoms with Crippen LogP contribution in [0.5, 0.6) is 0 Å². The van der Waals surface area contributed by atoms with Crippen LogP contribution in [-0.4, -0.2) is 141 Å². The van der Waals surface area contributed by atoms with Gasteiger partial charge in [0.1, 0.15) is 30.1 Å². The van der Waals surface area contributed by atoms with Gasteiger partial charge in [0.2, 0.25) is 5.79 Å². The predicted molar refractivity (Wildman–Crippen MR) is 256 cm³/mol. The summed E-state index contributed by atoms with van der Waals surface area (Å²) in [4.78, 5) is 73.9. The zero-order chi connectivity index (χ0) is 50.6. The van der Waals surface area contributed by atoms with E-state index in [0.717, 1.165) is 18.4 Å². The normalized spacial score (nSPS) is 38.8. The van der Waals surface area contributed by atoms with Crippen molar-refractivity contribution in [2.75, 3.05) is 27.9 Å². The third-order valence-electron chi connectivity index (χ3n) is 15.1. The van der Waals surface area contributed by atoms with Crippen LogP contribution in [0, 0.1) is 35.5 Å². The van der Waals surface area contributed by atoms with Crippen molar-refractivity contribution in [1.29, 1.82) is 0 Å². The number of aliphatic hydroxyl groups is 2. The van der Waals surface area contributed by atoms with Crippen LogP contribution in [0.2, 0.25) is 0 Å². The second-order valence-corrected chi connectivity index (χ2v) is 20.3. The number of piperidine rings is 1. The number of methoxy groups -OCH3 is 3. The number of carbonyl (C=O) groups is 5. The number of tetrazole rings is 1. The van der Waals surface area contributed by atoms with Gasteiger partial charge in [-0.25, -0.2) is 4.79 Å². The van der Waals surface area contributed by atoms with E-state index < -0.39 is 77.8 Å². The molecule has 0 aromatic carbocycles. The summed E-state index contributed by atoms with van der Waals surface area (Å²) in [5.41, 5.74) is 1.27. The summed E-state index contributed by atoms with van der Waals surface area (Å²) >= 11 is 0. The van der Waals surface area contributed by atoms with Crippen LogP contribution in [0.4, 0.5) is 0 Å². The Labute approximate surface area is 408 Å². The number of hydrogen-bond donors (Lipinski definition) is 2. The minimum Gasteiger partial charge on any atom is -0.460 e. The predicted octanol–water partition coefficient (Wildman–Crippen LogP) is 6.05. The van der Waals surface area contributed by atoms with Gasteiger partial charge in [0.25, 0.3) is 11.7 Å². The summed E-state index contributed by atoms with van der Waals surface area (Å²) in [6.45, 7) is 12.8. The highest BCUT2D eigenvalue weighted by molar-refractivity contribution is 6.39. The number of esters is 1. The lowest BCUT2D eigenvalue weighted by Gasteiger charge is -2.42. The number of nitrogens with zero attached hydrogens (tertiary/aromatic N) is 5. The van der Waals surface area contributed by atoms with Crippen LogP contribution in [0.25, 0.3) is 0 Å². The Morgan fingerprint density at radius 1 is 0.884 bits per heavy atom. The molecule has 3 fully saturated rings. The van der Waals surface area contributed by atoms with Crippen LogP contribution in [0.3, 0.4) is 0 Å². The average Bonchev–Trinajstić information content (AvgIpc) is 3.88. The second-order valence-electron chi connectivity index (χ2n) is 20.3. The molecule has 15 atom stereocenters. The Balaban J connectivity index is 1.46. The van der Waals surface area contributed by atoms with Crippen LogP contribution in [-0.2, 0) is 47.7 Å². The Morgan fingerprint density at radius 2 is 1.64 bits per heavy atom. The molecule has 384 valence electrons. The number of cyclic esters (lactones) is 1. The molecular formula is C52H79N5O12. The molecule has 1 aliphatic carbocycles. The average molecular weight is 966 g/mol. The molecule has 2 bridgehead atoms. The molecule has 1 aromatic heterocycles. The molecule has 0 spiro atoms. The molecule has 1 amide bonds. The van der Waals surface area contributed by atoms with Crippen molar-refractivity contribution < 1.29 is 57.9 Å². The van der Waals surface area contributed by atoms with Crippen LogP contribution in [0.15, 0.2) is 53.9 Å². The maximum Gasteiger partial charge on any atom is 0.329 e. The SMILES string of the molecule is COC1C(=O)C(C)C[C@H](C)/C=C/C=C/C=C(\C)[C@@H](OC)C[C@@H]2CC[C@@H](C)[C@@](O)(O2)C(=O)C(=O)N2CCCC[C@H]2C(=O)O[C@H]([C@H](C)C[C@@H]2CCC(n3ncnn3)[C@H](OC)C2)CC(=O)[C@H](C)/C=C(\C)[C@H]1O. The first kappa shape index (κ1) is 55.7. The van der Waals surface area contributed by atoms with E-state index in [4.69, 9.17) is 23.7 Å². The molecule has 5 rings (SSSR count). The molecular weight excluding hydrogens is 887 g/mol. The molecule has 4 aliphatic rings. The van der Waals surface area contributed by atoms with Crippen molar-refractivity contribution in [3.8, 4) is 0 Å². The first-order chi connectivity index (χ1) is 32.8. The topological polar surface area (TPSA) is 219 Å². The van der Waals surface area contributed by atoms with E-state index in [-0.39, 0.29) is 60.9 Å². The fourth-order valence-electron chi connectivity index (χ4n) is 10.7. The number of ether oxygens (including phenoxy) is 5. The largest absolute Gasteiger partial charge is 0.460 e. The lowest BCUT2D eigenvalue weighted by atomic mass is 9.77. The second kappa shape index (κ2) is 25.7. The van der Waals surface area contributed by atoms with Crippen molar-refractivity contribution >= 4 is 29.2 Å². The number of Topliss-reactive ketones (excluding diaryl/α,β-unsaturated/α-hetero) is 3. The highest BCUT2D eigenvalue weighted by atomic mass is 16.6. The summed E-state index contributed by atoms with van der Waals surface area (Å²) < 4.78 is 29.9. The van der Waals surface area contributed by atoms with Gasteiger partial charge in [-0.15, -0.1) is 10.2 Å². The van der Waals surface area contributed by atoms with Crippen molar-refractivity contribution in [2.45, 2.75) is 180 Å². The number of fused-ring (bicyclic) bond motifs is 3. The Bertz CT molecular complexity index is 2020. The zero-order valence-corrected chi connectivity index (χ0v) is 42.5. The van der Waals surface area contributed by atoms with Crippen LogP contribution >= 0.6 is 0 Å². The van der Waals surface area contributed by atoms with Gasteiger partial charge in [-0.3, -0.25) is 19.2 Å². The number of rotatable bonds is 7. The van der Waals surface area contributed by atoms with Gasteiger partial charge in [-0.2, -0.15) is 4.80 Å². The summed E-state index contributed by atoms with van der Waals surface area (Å²) in [7, 11) is 4.61. The number of amides is 1. The Hall–Kier alpha value is -4.26. The Morgan fingerprint density at radius 3 is 2.32 bits per heavy atom. The van der Waals surface area contributed by atoms with Gasteiger partial charge < -0.3 is 38.8 Å². The van der Waals surface area contributed by atoms with Gasteiger partial charge in [-0.05, 0) is 112 Å². The van der Waals surface area contributed by atoms with E-state index in [1.807, 2.05) is 58.1 Å². The van der Waals surface area contributed by atoms with Gasteiger partial charge in [0, 0.05) is 58.5 Å². The summed E-state index contributed by atoms with van der Waals surface area (Å²) in [6.07, 6.45) is 13.7. The third kappa shape index (κ3) is 14.2. The lowest BCUT2D eigenvalue weighted by molar-refractivity contribution is -0.265. The maximum absolute atomic E-state index is 14.5. The first-order valence-electron chi connectivity index (χ1n) is 25.0. The smallest absolute Gasteiger partial charge is 0.329 e. The number of ketones is 3. The van der Waals surface area contributed by atoms with E-state index in [1.54, 1.807) is 45.9 Å². The molecule has 1 aromatic rings. The summed E-state index contributed by atoms with van der Waals surface area (Å²) in [5.74, 6) is -7.94. The zero-order valence-electron chi connectivity index (χ0n) is 42.5. The molecule has 3 aliphatic heterocycles. The first-order valence-corrected chi connectivity index (χ1v) is 25.0. The van der Waals surface area contributed by atoms with Crippen molar-refractivity contribution in [3.05, 3.63) is 53.9 Å². The van der Waals surface area contributed by atoms with E-state index in [9.17, 15) is 34.2 Å². The monoisotopic (exact) mass is 966 g/mol. The number of aromatic nitrogens is 4. The standard InChI is InChI=1S/C52H79N5O12/c1-31-16-12-11-13-17-32(2)43(65-8)28-39-21-19-37(7)52(64,69-39)49(61)50(62)56-23-15-14-18-41(56)51(63)68-44(34(4)26-38-20-22-40(45(27-38)66-9)57-54-30-53-55-57)29-42(58)33(3)25-36(6)47(60)48(67-10)46(59)35(5)24-31/h11-13,16-17,25,30-31,33-35,37-41,43-45,47-48,60,64H,14-15,18-24,26-29H2,1-10H3/b13-11+,16-12+,32-17+,36-25+/t31-,33-,34-,35?,37-,38+,39+,40?,41+,43+,44+,45-,47-,48?,52-/m1/s1. The Kier molecular flexibility index (Phi) is 20.8. The van der Waals surface area contributed by atoms with Gasteiger partial charge in [0.15, 0.2) is 12.1 Å². The highest BCUT2D eigenvalue weighted by Gasteiger charge is 2.53. The molecule has 17 heteroatoms. The molecule has 69 heavy (non-hydrogen) atoms. The number of allylic oxidation sites excluding steroid dienone is 6. The van der Waals surface area contributed by atoms with Gasteiger partial charge in [0.05, 0.1) is 24.4 Å². The molecule has 2 saturated heterocycles. The maximum atomic E-state index is 14.5. The molecule has 1 saturated carbocycles. The van der Waals surface area contributed by atoms with Crippen molar-refractivity contribution in [1.82, 2.24) is 25.1 Å². The van der Waals surface area contributed by atoms with E-state index in [2.05, 4.69) is 15.4 Å². The summed E-state index contributed by atoms with van der Waals surface area (Å²) in [5, 5.41) is 35.7. The number of hydrogen-bond acceptors (Lipinski definition) is 15. The minimum atomic E-state index is -2.43. The highest BCUT2D eigenvalue weighted by Crippen LogP contribution is 2.39. The van der Waals surface area contributed by atoms with Crippen LogP contribution in [0.1, 0.15) is 132 Å². The van der Waals surface area contributed by atoms with Gasteiger partial charge >= 0.3 is 5.97 Å². The lowest BCUT2D eigenvalue weighted by Crippen LogP contribution is -2.61. The van der Waals surface area contributed by atoms with Crippen LogP contribution < -0.4 is 0 Å². The number of carbonyl (C=O) groups excluding carboxylic acids is 5. The minimum absolute atomic E-state index is 0.0168. The van der Waals surface area contributed by atoms with E-state index >= 15 is 0 Å². The van der Waals surface area contributed by atoms with E-state index in [0.29, 0.717) is 56.9 Å². The third-order valence-corrected chi connectivity index (χ3v) is 15.1. The fraction of sp³-hybridized carbons (Fsp3) is 0.731. The quantitative estimate of drug-likeness (QED) is 0.181. The fourth-order valence-corrected chi connectivity index (χ4v) is 10.7. The summed E-state index contributed by atoms with van der Waals surface area (Å²) in [6, 6.07) is -1.24. The molecule has 2 N–H and O–H groups in total. The van der Waals surface area contributed by atoms with Crippen molar-refractivity contribution in [3.63, 3.8) is 0 Å². The number of aliphatic hydroxyl groups excluding tert-OH is 1. The molecule has 0 radical (unpaired) electrons. The van der Waals surface area contributed by atoms with Crippen molar-refractivity contribution in [2.24, 2.45) is 35.5 Å². The molecule has 17 nitrogen and oxygen atoms in total. The van der Waals surface area contributed by atoms with Gasteiger partial charge in [-0.1, -0.05) is 71.1 Å². The molecule has 3 unspecified atom stereocenters.